The summed E-state index contributed by atoms with van der Waals surface area (Å²) in [6, 6.07) is 0.321. The number of rotatable bonds is 8. The summed E-state index contributed by atoms with van der Waals surface area (Å²) in [6.07, 6.45) is 6.86. The summed E-state index contributed by atoms with van der Waals surface area (Å²) in [5.74, 6) is 0.799. The molecule has 6 heteroatoms. The molecule has 96 valence electrons. The van der Waals surface area contributed by atoms with Gasteiger partial charge < -0.3 is 16.5 Å². The van der Waals surface area contributed by atoms with Gasteiger partial charge >= 0.3 is 0 Å². The summed E-state index contributed by atoms with van der Waals surface area (Å²) in [5.41, 5.74) is 9.03. The van der Waals surface area contributed by atoms with E-state index in [1.165, 1.54) is 19.3 Å². The Morgan fingerprint density at radius 1 is 1.59 bits per heavy atom. The molecule has 0 fully saturated rings. The van der Waals surface area contributed by atoms with Crippen LogP contribution in [0.4, 0.5) is 11.6 Å². The standard InChI is InChI=1S/C11H21N5O/c1-3-4-5-6-9(2)15-16-7-13-11(10(16)12)14-8-17/h7-9,15H,3-6,12H2,1-2H3,(H,14,17). The molecule has 1 heterocycles. The van der Waals surface area contributed by atoms with Gasteiger partial charge in [0.15, 0.2) is 11.6 Å². The van der Waals surface area contributed by atoms with Crippen LogP contribution in [0.25, 0.3) is 0 Å². The van der Waals surface area contributed by atoms with Gasteiger partial charge in [-0.2, -0.15) is 0 Å². The molecule has 0 aliphatic heterocycles. The number of nitrogen functional groups attached to an aromatic ring is 1. The van der Waals surface area contributed by atoms with Crippen LogP contribution in [0.3, 0.4) is 0 Å². The zero-order valence-electron chi connectivity index (χ0n) is 10.4. The van der Waals surface area contributed by atoms with Crippen molar-refractivity contribution in [1.29, 1.82) is 0 Å². The van der Waals surface area contributed by atoms with Gasteiger partial charge in [0.25, 0.3) is 0 Å². The fraction of sp³-hybridized carbons (Fsp3) is 0.636. The second-order valence-electron chi connectivity index (χ2n) is 4.14. The van der Waals surface area contributed by atoms with Gasteiger partial charge in [-0.25, -0.2) is 9.66 Å². The number of carbonyl (C=O) groups excluding carboxylic acids is 1. The highest BCUT2D eigenvalue weighted by molar-refractivity contribution is 5.75. The smallest absolute Gasteiger partial charge is 0.212 e. The molecule has 4 N–H and O–H groups in total. The number of hydrogen-bond acceptors (Lipinski definition) is 4. The average molecular weight is 239 g/mol. The van der Waals surface area contributed by atoms with E-state index in [1.54, 1.807) is 11.0 Å². The average Bonchev–Trinajstić information content (AvgIpc) is 2.63. The van der Waals surface area contributed by atoms with Crippen LogP contribution in [0.5, 0.6) is 0 Å². The molecule has 17 heavy (non-hydrogen) atoms. The van der Waals surface area contributed by atoms with Crippen LogP contribution in [0.2, 0.25) is 0 Å². The van der Waals surface area contributed by atoms with Crippen LogP contribution in [0, 0.1) is 0 Å². The monoisotopic (exact) mass is 239 g/mol. The summed E-state index contributed by atoms with van der Waals surface area (Å²) >= 11 is 0. The molecular weight excluding hydrogens is 218 g/mol. The number of carbonyl (C=O) groups is 1. The van der Waals surface area contributed by atoms with E-state index in [1.807, 2.05) is 0 Å². The molecule has 1 atom stereocenters. The number of aromatic nitrogens is 2. The minimum atomic E-state index is 0.321. The highest BCUT2D eigenvalue weighted by Gasteiger charge is 2.08. The molecule has 1 rings (SSSR count). The fourth-order valence-corrected chi connectivity index (χ4v) is 1.63. The van der Waals surface area contributed by atoms with Gasteiger partial charge in [0, 0.05) is 6.04 Å². The van der Waals surface area contributed by atoms with Crippen molar-refractivity contribution < 1.29 is 4.79 Å². The van der Waals surface area contributed by atoms with E-state index < -0.39 is 0 Å². The first kappa shape index (κ1) is 13.3. The highest BCUT2D eigenvalue weighted by atomic mass is 16.1. The van der Waals surface area contributed by atoms with Crippen molar-refractivity contribution in [3.63, 3.8) is 0 Å². The lowest BCUT2D eigenvalue weighted by atomic mass is 10.1. The molecule has 0 bridgehead atoms. The first-order chi connectivity index (χ1) is 8.19. The second-order valence-corrected chi connectivity index (χ2v) is 4.14. The summed E-state index contributed by atoms with van der Waals surface area (Å²) in [5, 5.41) is 2.44. The lowest BCUT2D eigenvalue weighted by molar-refractivity contribution is -0.105. The topological polar surface area (TPSA) is 85.0 Å². The summed E-state index contributed by atoms with van der Waals surface area (Å²) < 4.78 is 1.64. The van der Waals surface area contributed by atoms with Gasteiger partial charge in [0.05, 0.1) is 0 Å². The first-order valence-corrected chi connectivity index (χ1v) is 5.98. The normalized spacial score (nSPS) is 12.1. The Morgan fingerprint density at radius 2 is 2.35 bits per heavy atom. The third-order valence-corrected chi connectivity index (χ3v) is 2.60. The maximum atomic E-state index is 10.3. The quantitative estimate of drug-likeness (QED) is 0.474. The van der Waals surface area contributed by atoms with Crippen LogP contribution in [0.1, 0.15) is 39.5 Å². The van der Waals surface area contributed by atoms with E-state index in [0.29, 0.717) is 24.1 Å². The predicted molar refractivity (Wildman–Crippen MR) is 69.3 cm³/mol. The van der Waals surface area contributed by atoms with Crippen molar-refractivity contribution in [2.24, 2.45) is 0 Å². The van der Waals surface area contributed by atoms with E-state index in [2.05, 4.69) is 29.6 Å². The molecule has 0 radical (unpaired) electrons. The van der Waals surface area contributed by atoms with Crippen molar-refractivity contribution in [2.45, 2.75) is 45.6 Å². The lowest BCUT2D eigenvalue weighted by Gasteiger charge is -2.16. The van der Waals surface area contributed by atoms with Crippen LogP contribution < -0.4 is 16.5 Å². The Bertz CT molecular complexity index is 350. The number of hydrogen-bond donors (Lipinski definition) is 3. The molecular formula is C11H21N5O. The predicted octanol–water partition coefficient (Wildman–Crippen LogP) is 1.55. The molecule has 0 aliphatic carbocycles. The van der Waals surface area contributed by atoms with Crippen molar-refractivity contribution in [3.8, 4) is 0 Å². The number of nitrogens with two attached hydrogens (primary N) is 1. The molecule has 1 aromatic heterocycles. The second kappa shape index (κ2) is 6.78. The van der Waals surface area contributed by atoms with Crippen molar-refractivity contribution in [1.82, 2.24) is 9.66 Å². The maximum absolute atomic E-state index is 10.3. The molecule has 0 saturated carbocycles. The number of unbranched alkanes of at least 4 members (excludes halogenated alkanes) is 2. The van der Waals surface area contributed by atoms with Crippen molar-refractivity contribution >= 4 is 18.0 Å². The minimum absolute atomic E-state index is 0.321. The molecule has 0 saturated heterocycles. The Balaban J connectivity index is 2.47. The number of amides is 1. The highest BCUT2D eigenvalue weighted by Crippen LogP contribution is 2.14. The van der Waals surface area contributed by atoms with E-state index in [0.717, 1.165) is 6.42 Å². The number of nitrogens with one attached hydrogen (secondary N) is 2. The minimum Gasteiger partial charge on any atom is -0.381 e. The maximum Gasteiger partial charge on any atom is 0.212 e. The molecule has 1 amide bonds. The van der Waals surface area contributed by atoms with Gasteiger partial charge in [-0.1, -0.05) is 26.2 Å². The van der Waals surface area contributed by atoms with Gasteiger partial charge in [0.2, 0.25) is 6.41 Å². The zero-order valence-corrected chi connectivity index (χ0v) is 10.4. The van der Waals surface area contributed by atoms with Crippen LogP contribution in [0.15, 0.2) is 6.33 Å². The Morgan fingerprint density at radius 3 is 3.00 bits per heavy atom. The lowest BCUT2D eigenvalue weighted by Crippen LogP contribution is -2.25. The Labute approximate surface area is 102 Å². The number of anilines is 2. The molecule has 1 unspecified atom stereocenters. The van der Waals surface area contributed by atoms with Gasteiger partial charge in [-0.15, -0.1) is 0 Å². The van der Waals surface area contributed by atoms with E-state index in [9.17, 15) is 4.79 Å². The summed E-state index contributed by atoms with van der Waals surface area (Å²) in [7, 11) is 0. The summed E-state index contributed by atoms with van der Waals surface area (Å²) in [6.45, 7) is 4.28. The van der Waals surface area contributed by atoms with Crippen LogP contribution in [-0.2, 0) is 4.79 Å². The number of nitrogens with zero attached hydrogens (tertiary/aromatic N) is 2. The third-order valence-electron chi connectivity index (χ3n) is 2.60. The van der Waals surface area contributed by atoms with E-state index in [-0.39, 0.29) is 0 Å². The van der Waals surface area contributed by atoms with Crippen LogP contribution >= 0.6 is 0 Å². The Hall–Kier alpha value is -1.72. The summed E-state index contributed by atoms with van der Waals surface area (Å²) in [4.78, 5) is 14.3. The fourth-order valence-electron chi connectivity index (χ4n) is 1.63. The number of imidazole rings is 1. The van der Waals surface area contributed by atoms with Gasteiger partial charge in [0.1, 0.15) is 6.33 Å². The molecule has 0 aliphatic rings. The third kappa shape index (κ3) is 3.97. The molecule has 0 spiro atoms. The molecule has 6 nitrogen and oxygen atoms in total. The Kier molecular flexibility index (Phi) is 5.32. The molecule has 1 aromatic rings. The zero-order chi connectivity index (χ0) is 12.7. The van der Waals surface area contributed by atoms with E-state index >= 15 is 0 Å². The van der Waals surface area contributed by atoms with E-state index in [4.69, 9.17) is 5.73 Å². The van der Waals surface area contributed by atoms with Crippen LogP contribution in [-0.4, -0.2) is 22.1 Å². The largest absolute Gasteiger partial charge is 0.381 e. The first-order valence-electron chi connectivity index (χ1n) is 5.98. The van der Waals surface area contributed by atoms with Crippen molar-refractivity contribution in [3.05, 3.63) is 6.33 Å². The molecule has 0 aromatic carbocycles. The SMILES string of the molecule is CCCCCC(C)Nn1cnc(NC=O)c1N. The van der Waals surface area contributed by atoms with Gasteiger partial charge in [-0.3, -0.25) is 4.79 Å². The van der Waals surface area contributed by atoms with Crippen molar-refractivity contribution in [2.75, 3.05) is 16.5 Å². The van der Waals surface area contributed by atoms with Gasteiger partial charge in [-0.05, 0) is 13.3 Å².